The molecule has 2 aliphatic rings. The molecule has 0 radical (unpaired) electrons. The Hall–Kier alpha value is -0.0400. The maximum atomic E-state index is 5.48. The Morgan fingerprint density at radius 2 is 2.00 bits per heavy atom. The molecule has 1 nitrogen and oxygen atoms in total. The fourth-order valence-electron chi connectivity index (χ4n) is 2.88. The van der Waals surface area contributed by atoms with E-state index in [4.69, 9.17) is 4.74 Å². The van der Waals surface area contributed by atoms with Crippen molar-refractivity contribution in [3.05, 3.63) is 0 Å². The Bertz CT molecular complexity index is 133. The summed E-state index contributed by atoms with van der Waals surface area (Å²) < 4.78 is 5.48. The molecule has 0 spiro atoms. The Labute approximate surface area is 69.1 Å². The minimum absolute atomic E-state index is 0.603. The molecule has 64 valence electrons. The van der Waals surface area contributed by atoms with Crippen LogP contribution < -0.4 is 0 Å². The van der Waals surface area contributed by atoms with Gasteiger partial charge in [-0.15, -0.1) is 0 Å². The zero-order chi connectivity index (χ0) is 7.68. The molecule has 0 unspecified atom stereocenters. The average molecular weight is 154 g/mol. The SMILES string of the molecule is CO[C@@H]1CC[C@H]2CCC[C@@H]1C2. The molecule has 0 aromatic heterocycles. The predicted octanol–water partition coefficient (Wildman–Crippen LogP) is 2.60. The lowest BCUT2D eigenvalue weighted by Crippen LogP contribution is -2.33. The van der Waals surface area contributed by atoms with Crippen molar-refractivity contribution < 1.29 is 4.74 Å². The second-order valence-electron chi connectivity index (χ2n) is 4.14. The standard InChI is InChI=1S/C10H18O/c1-11-10-6-5-8-3-2-4-9(10)7-8/h8-10H,2-7H2,1H3/t8-,9-,10-/m1/s1. The summed E-state index contributed by atoms with van der Waals surface area (Å²) in [4.78, 5) is 0. The fraction of sp³-hybridized carbons (Fsp3) is 1.00. The molecule has 0 aromatic rings. The quantitative estimate of drug-likeness (QED) is 0.564. The van der Waals surface area contributed by atoms with Gasteiger partial charge in [0.1, 0.15) is 0 Å². The molecule has 2 saturated carbocycles. The van der Waals surface area contributed by atoms with E-state index in [-0.39, 0.29) is 0 Å². The molecule has 0 heterocycles. The third-order valence-electron chi connectivity index (χ3n) is 3.51. The van der Waals surface area contributed by atoms with Crippen LogP contribution in [0.4, 0.5) is 0 Å². The lowest BCUT2D eigenvalue weighted by Gasteiger charge is -2.39. The van der Waals surface area contributed by atoms with Gasteiger partial charge in [-0.2, -0.15) is 0 Å². The molecule has 3 atom stereocenters. The van der Waals surface area contributed by atoms with Gasteiger partial charge in [0.15, 0.2) is 0 Å². The molecule has 0 aromatic carbocycles. The van der Waals surface area contributed by atoms with Gasteiger partial charge >= 0.3 is 0 Å². The summed E-state index contributed by atoms with van der Waals surface area (Å²) in [6.45, 7) is 0. The van der Waals surface area contributed by atoms with Crippen LogP contribution in [0, 0.1) is 11.8 Å². The van der Waals surface area contributed by atoms with Gasteiger partial charge in [0.05, 0.1) is 6.10 Å². The van der Waals surface area contributed by atoms with E-state index < -0.39 is 0 Å². The van der Waals surface area contributed by atoms with E-state index in [1.54, 1.807) is 0 Å². The van der Waals surface area contributed by atoms with Crippen LogP contribution in [0.1, 0.15) is 38.5 Å². The molecule has 2 aliphatic carbocycles. The molecule has 0 N–H and O–H groups in total. The first kappa shape index (κ1) is 7.60. The van der Waals surface area contributed by atoms with Crippen molar-refractivity contribution in [3.8, 4) is 0 Å². The van der Waals surface area contributed by atoms with E-state index in [1.807, 2.05) is 7.11 Å². The van der Waals surface area contributed by atoms with Crippen molar-refractivity contribution in [2.24, 2.45) is 11.8 Å². The van der Waals surface area contributed by atoms with Gasteiger partial charge in [-0.3, -0.25) is 0 Å². The lowest BCUT2D eigenvalue weighted by atomic mass is 9.71. The highest BCUT2D eigenvalue weighted by Crippen LogP contribution is 2.40. The predicted molar refractivity (Wildman–Crippen MR) is 45.5 cm³/mol. The Morgan fingerprint density at radius 1 is 1.09 bits per heavy atom. The molecule has 0 saturated heterocycles. The van der Waals surface area contributed by atoms with Gasteiger partial charge in [-0.1, -0.05) is 12.8 Å². The summed E-state index contributed by atoms with van der Waals surface area (Å²) in [5.41, 5.74) is 0. The number of ether oxygens (including phenoxy) is 1. The summed E-state index contributed by atoms with van der Waals surface area (Å²) in [6.07, 6.45) is 9.18. The molecular formula is C10H18O. The second-order valence-corrected chi connectivity index (χ2v) is 4.14. The van der Waals surface area contributed by atoms with Crippen molar-refractivity contribution in [1.29, 1.82) is 0 Å². The van der Waals surface area contributed by atoms with Gasteiger partial charge in [-0.25, -0.2) is 0 Å². The van der Waals surface area contributed by atoms with Crippen molar-refractivity contribution in [2.45, 2.75) is 44.6 Å². The second kappa shape index (κ2) is 3.14. The fourth-order valence-corrected chi connectivity index (χ4v) is 2.88. The van der Waals surface area contributed by atoms with Gasteiger partial charge in [0.2, 0.25) is 0 Å². The molecule has 1 heteroatoms. The highest BCUT2D eigenvalue weighted by Gasteiger charge is 2.32. The van der Waals surface area contributed by atoms with Crippen molar-refractivity contribution in [1.82, 2.24) is 0 Å². The van der Waals surface area contributed by atoms with E-state index in [0.717, 1.165) is 11.8 Å². The summed E-state index contributed by atoms with van der Waals surface area (Å²) >= 11 is 0. The Balaban J connectivity index is 1.97. The summed E-state index contributed by atoms with van der Waals surface area (Å²) in [5, 5.41) is 0. The monoisotopic (exact) mass is 154 g/mol. The van der Waals surface area contributed by atoms with Crippen LogP contribution in [0.5, 0.6) is 0 Å². The largest absolute Gasteiger partial charge is 0.381 e. The summed E-state index contributed by atoms with van der Waals surface area (Å²) in [6, 6.07) is 0. The van der Waals surface area contributed by atoms with E-state index in [0.29, 0.717) is 6.10 Å². The summed E-state index contributed by atoms with van der Waals surface area (Å²) in [5.74, 6) is 1.97. The van der Waals surface area contributed by atoms with Gasteiger partial charge in [0.25, 0.3) is 0 Å². The topological polar surface area (TPSA) is 9.23 Å². The van der Waals surface area contributed by atoms with Gasteiger partial charge < -0.3 is 4.74 Å². The molecule has 2 fully saturated rings. The Morgan fingerprint density at radius 3 is 2.82 bits per heavy atom. The van der Waals surface area contributed by atoms with Gasteiger partial charge in [-0.05, 0) is 37.5 Å². The van der Waals surface area contributed by atoms with Crippen LogP contribution in [0.15, 0.2) is 0 Å². The molecule has 11 heavy (non-hydrogen) atoms. The van der Waals surface area contributed by atoms with E-state index in [1.165, 1.54) is 38.5 Å². The molecule has 0 aliphatic heterocycles. The zero-order valence-electron chi connectivity index (χ0n) is 7.38. The number of rotatable bonds is 1. The van der Waals surface area contributed by atoms with Crippen LogP contribution in [-0.2, 0) is 4.74 Å². The smallest absolute Gasteiger partial charge is 0.0599 e. The molecule has 0 amide bonds. The van der Waals surface area contributed by atoms with Crippen LogP contribution in [-0.4, -0.2) is 13.2 Å². The third kappa shape index (κ3) is 1.44. The van der Waals surface area contributed by atoms with Crippen molar-refractivity contribution >= 4 is 0 Å². The number of methoxy groups -OCH3 is 1. The van der Waals surface area contributed by atoms with E-state index >= 15 is 0 Å². The van der Waals surface area contributed by atoms with E-state index in [2.05, 4.69) is 0 Å². The minimum atomic E-state index is 0.603. The van der Waals surface area contributed by atoms with Crippen molar-refractivity contribution in [3.63, 3.8) is 0 Å². The van der Waals surface area contributed by atoms with Crippen LogP contribution in [0.25, 0.3) is 0 Å². The number of fused-ring (bicyclic) bond motifs is 2. The van der Waals surface area contributed by atoms with Crippen LogP contribution in [0.2, 0.25) is 0 Å². The molecule has 2 rings (SSSR count). The van der Waals surface area contributed by atoms with Crippen LogP contribution >= 0.6 is 0 Å². The van der Waals surface area contributed by atoms with Crippen molar-refractivity contribution in [2.75, 3.05) is 7.11 Å². The normalized spacial score (nSPS) is 43.9. The third-order valence-corrected chi connectivity index (χ3v) is 3.51. The Kier molecular flexibility index (Phi) is 2.17. The van der Waals surface area contributed by atoms with Gasteiger partial charge in [0, 0.05) is 7.11 Å². The minimum Gasteiger partial charge on any atom is -0.381 e. The molecular weight excluding hydrogens is 136 g/mol. The molecule has 2 bridgehead atoms. The summed E-state index contributed by atoms with van der Waals surface area (Å²) in [7, 11) is 1.87. The highest BCUT2D eigenvalue weighted by molar-refractivity contribution is 4.84. The maximum Gasteiger partial charge on any atom is 0.0599 e. The highest BCUT2D eigenvalue weighted by atomic mass is 16.5. The number of hydrogen-bond acceptors (Lipinski definition) is 1. The zero-order valence-corrected chi connectivity index (χ0v) is 7.38. The maximum absolute atomic E-state index is 5.48. The van der Waals surface area contributed by atoms with E-state index in [9.17, 15) is 0 Å². The first-order chi connectivity index (χ1) is 5.40. The lowest BCUT2D eigenvalue weighted by molar-refractivity contribution is -0.0112. The van der Waals surface area contributed by atoms with Crippen LogP contribution in [0.3, 0.4) is 0 Å². The first-order valence-electron chi connectivity index (χ1n) is 4.93. The average Bonchev–Trinajstić information content (AvgIpc) is 2.06. The number of hydrogen-bond donors (Lipinski definition) is 0. The first-order valence-corrected chi connectivity index (χ1v) is 4.93.